The normalized spacial score (nSPS) is 19.7. The number of aromatic nitrogens is 5. The number of nitrogens with one attached hydrogen (secondary N) is 1. The molecular weight excluding hydrogens is 334 g/mol. The number of carbonyl (C=O) groups is 1. The number of aliphatic hydroxyl groups is 1. The number of rotatable bonds is 4. The minimum atomic E-state index is -0.668. The molecule has 9 heteroatoms. The summed E-state index contributed by atoms with van der Waals surface area (Å²) in [5.41, 5.74) is 1.80. The van der Waals surface area contributed by atoms with E-state index in [-0.39, 0.29) is 18.6 Å². The molecule has 9 nitrogen and oxygen atoms in total. The molecule has 1 aliphatic heterocycles. The first kappa shape index (κ1) is 16.3. The van der Waals surface area contributed by atoms with Crippen molar-refractivity contribution >= 4 is 11.7 Å². The third-order valence-corrected chi connectivity index (χ3v) is 4.44. The van der Waals surface area contributed by atoms with Crippen LogP contribution in [0.3, 0.4) is 0 Å². The van der Waals surface area contributed by atoms with Crippen molar-refractivity contribution in [2.45, 2.75) is 18.7 Å². The Hall–Kier alpha value is -3.20. The molecule has 1 fully saturated rings. The second-order valence-electron chi connectivity index (χ2n) is 6.25. The molecule has 134 valence electrons. The lowest BCUT2D eigenvalue weighted by atomic mass is 10.2. The van der Waals surface area contributed by atoms with Gasteiger partial charge in [0.1, 0.15) is 0 Å². The highest BCUT2D eigenvalue weighted by Crippen LogP contribution is 2.22. The van der Waals surface area contributed by atoms with Gasteiger partial charge < -0.3 is 15.3 Å². The zero-order chi connectivity index (χ0) is 17.9. The number of carbonyl (C=O) groups excluding carboxylic acids is 1. The molecule has 1 aromatic carbocycles. The van der Waals surface area contributed by atoms with E-state index in [2.05, 4.69) is 20.7 Å². The zero-order valence-electron chi connectivity index (χ0n) is 14.0. The van der Waals surface area contributed by atoms with Gasteiger partial charge in [-0.25, -0.2) is 9.48 Å². The van der Waals surface area contributed by atoms with E-state index in [9.17, 15) is 9.90 Å². The van der Waals surface area contributed by atoms with Crippen LogP contribution in [0.25, 0.3) is 0 Å². The van der Waals surface area contributed by atoms with Gasteiger partial charge in [0.25, 0.3) is 0 Å². The first-order valence-corrected chi connectivity index (χ1v) is 8.35. The lowest BCUT2D eigenvalue weighted by Gasteiger charge is -2.17. The summed E-state index contributed by atoms with van der Waals surface area (Å²) in [4.78, 5) is 14.0. The van der Waals surface area contributed by atoms with Crippen LogP contribution in [0.5, 0.6) is 0 Å². The Labute approximate surface area is 149 Å². The summed E-state index contributed by atoms with van der Waals surface area (Å²) in [6, 6.07) is 8.98. The maximum Gasteiger partial charge on any atom is 0.322 e. The SMILES string of the molecule is O=C(Nc1ccc(Cn2cccn2)cc1)N1C[C@@H](O)[C@H](n2ccnn2)C1. The molecular formula is C17H19N7O2. The van der Waals surface area contributed by atoms with Gasteiger partial charge in [0, 0.05) is 30.8 Å². The van der Waals surface area contributed by atoms with Crippen molar-refractivity contribution in [3.63, 3.8) is 0 Å². The van der Waals surface area contributed by atoms with Gasteiger partial charge >= 0.3 is 6.03 Å². The maximum atomic E-state index is 12.5. The van der Waals surface area contributed by atoms with Crippen LogP contribution < -0.4 is 5.32 Å². The van der Waals surface area contributed by atoms with Crippen LogP contribution in [0.4, 0.5) is 10.5 Å². The van der Waals surface area contributed by atoms with E-state index in [0.717, 1.165) is 5.56 Å². The van der Waals surface area contributed by atoms with Crippen molar-refractivity contribution in [1.29, 1.82) is 0 Å². The Balaban J connectivity index is 1.36. The molecule has 26 heavy (non-hydrogen) atoms. The molecule has 3 heterocycles. The van der Waals surface area contributed by atoms with E-state index in [1.54, 1.807) is 28.2 Å². The summed E-state index contributed by atoms with van der Waals surface area (Å²) < 4.78 is 3.42. The third-order valence-electron chi connectivity index (χ3n) is 4.44. The van der Waals surface area contributed by atoms with Crippen molar-refractivity contribution in [3.05, 3.63) is 60.7 Å². The Morgan fingerprint density at radius 3 is 2.73 bits per heavy atom. The van der Waals surface area contributed by atoms with E-state index in [1.807, 2.05) is 41.2 Å². The van der Waals surface area contributed by atoms with Crippen LogP contribution in [0.15, 0.2) is 55.1 Å². The average molecular weight is 353 g/mol. The van der Waals surface area contributed by atoms with Gasteiger partial charge in [-0.15, -0.1) is 5.10 Å². The molecule has 2 amide bonds. The average Bonchev–Trinajstić information content (AvgIpc) is 3.38. The monoisotopic (exact) mass is 353 g/mol. The molecule has 2 N–H and O–H groups in total. The number of hydrogen-bond acceptors (Lipinski definition) is 5. The number of β-amino-alcohol motifs (C(OH)–C–C–N with tert-alkyl or cyclic N) is 1. The van der Waals surface area contributed by atoms with Crippen LogP contribution in [0.2, 0.25) is 0 Å². The summed E-state index contributed by atoms with van der Waals surface area (Å²) in [6.45, 7) is 1.32. The molecule has 1 aliphatic rings. The molecule has 0 saturated carbocycles. The first-order chi connectivity index (χ1) is 12.7. The van der Waals surface area contributed by atoms with E-state index in [4.69, 9.17) is 0 Å². The maximum absolute atomic E-state index is 12.5. The van der Waals surface area contributed by atoms with Crippen molar-refractivity contribution in [3.8, 4) is 0 Å². The number of hydrogen-bond donors (Lipinski definition) is 2. The predicted octanol–water partition coefficient (Wildman–Crippen LogP) is 0.973. The standard InChI is InChI=1S/C17H19N7O2/c25-16-12-22(11-15(16)24-9-7-18-21-24)17(26)20-14-4-2-13(3-5-14)10-23-8-1-6-19-23/h1-9,15-16,25H,10-12H2,(H,20,26)/t15-,16-/m1/s1. The summed E-state index contributed by atoms with van der Waals surface area (Å²) in [6.07, 6.45) is 6.22. The van der Waals surface area contributed by atoms with Gasteiger partial charge in [-0.3, -0.25) is 4.68 Å². The van der Waals surface area contributed by atoms with Gasteiger partial charge in [-0.2, -0.15) is 5.10 Å². The largest absolute Gasteiger partial charge is 0.389 e. The number of anilines is 1. The van der Waals surface area contributed by atoms with Crippen molar-refractivity contribution < 1.29 is 9.90 Å². The second-order valence-corrected chi connectivity index (χ2v) is 6.25. The van der Waals surface area contributed by atoms with Crippen molar-refractivity contribution in [1.82, 2.24) is 29.7 Å². The molecule has 4 rings (SSSR count). The molecule has 1 saturated heterocycles. The number of urea groups is 1. The van der Waals surface area contributed by atoms with Crippen LogP contribution in [-0.2, 0) is 6.54 Å². The fraction of sp³-hybridized carbons (Fsp3) is 0.294. The second kappa shape index (κ2) is 6.96. The van der Waals surface area contributed by atoms with Gasteiger partial charge in [0.05, 0.1) is 31.4 Å². The van der Waals surface area contributed by atoms with Gasteiger partial charge in [-0.05, 0) is 23.8 Å². The Morgan fingerprint density at radius 1 is 1.19 bits per heavy atom. The van der Waals surface area contributed by atoms with E-state index in [0.29, 0.717) is 18.8 Å². The van der Waals surface area contributed by atoms with E-state index < -0.39 is 6.10 Å². The lowest BCUT2D eigenvalue weighted by molar-refractivity contribution is 0.139. The minimum absolute atomic E-state index is 0.244. The highest BCUT2D eigenvalue weighted by atomic mass is 16.3. The number of nitrogens with zero attached hydrogens (tertiary/aromatic N) is 6. The van der Waals surface area contributed by atoms with Gasteiger partial charge in [0.15, 0.2) is 0 Å². The number of amides is 2. The molecule has 0 spiro atoms. The first-order valence-electron chi connectivity index (χ1n) is 8.35. The minimum Gasteiger partial charge on any atom is -0.389 e. The topological polar surface area (TPSA) is 101 Å². The van der Waals surface area contributed by atoms with Crippen LogP contribution in [0.1, 0.15) is 11.6 Å². The van der Waals surface area contributed by atoms with Gasteiger partial charge in [-0.1, -0.05) is 17.3 Å². The zero-order valence-corrected chi connectivity index (χ0v) is 14.0. The van der Waals surface area contributed by atoms with Crippen LogP contribution in [0, 0.1) is 0 Å². The van der Waals surface area contributed by atoms with Gasteiger partial charge in [0.2, 0.25) is 0 Å². The highest BCUT2D eigenvalue weighted by molar-refractivity contribution is 5.89. The van der Waals surface area contributed by atoms with Crippen LogP contribution in [-0.4, -0.2) is 60.0 Å². The molecule has 0 unspecified atom stereocenters. The molecule has 2 atom stereocenters. The summed E-state index contributed by atoms with van der Waals surface area (Å²) in [5.74, 6) is 0. The van der Waals surface area contributed by atoms with Crippen LogP contribution >= 0.6 is 0 Å². The lowest BCUT2D eigenvalue weighted by Crippen LogP contribution is -2.33. The Kier molecular flexibility index (Phi) is 4.36. The van der Waals surface area contributed by atoms with Crippen molar-refractivity contribution in [2.24, 2.45) is 0 Å². The molecule has 0 radical (unpaired) electrons. The number of likely N-dealkylation sites (tertiary alicyclic amines) is 1. The molecule has 0 aliphatic carbocycles. The number of aliphatic hydroxyl groups excluding tert-OH is 1. The Morgan fingerprint density at radius 2 is 2.04 bits per heavy atom. The summed E-state index contributed by atoms with van der Waals surface area (Å²) in [5, 5.41) is 24.9. The summed E-state index contributed by atoms with van der Waals surface area (Å²) >= 11 is 0. The fourth-order valence-corrected chi connectivity index (χ4v) is 3.07. The predicted molar refractivity (Wildman–Crippen MR) is 93.4 cm³/mol. The highest BCUT2D eigenvalue weighted by Gasteiger charge is 2.35. The molecule has 3 aromatic rings. The fourth-order valence-electron chi connectivity index (χ4n) is 3.07. The van der Waals surface area contributed by atoms with Crippen molar-refractivity contribution in [2.75, 3.05) is 18.4 Å². The van der Waals surface area contributed by atoms with E-state index in [1.165, 1.54) is 0 Å². The van der Waals surface area contributed by atoms with E-state index >= 15 is 0 Å². The summed E-state index contributed by atoms with van der Waals surface area (Å²) in [7, 11) is 0. The molecule has 2 aromatic heterocycles. The smallest absolute Gasteiger partial charge is 0.322 e. The molecule has 0 bridgehead atoms. The quantitative estimate of drug-likeness (QED) is 0.728. The number of benzene rings is 1. The Bertz CT molecular complexity index is 846. The third kappa shape index (κ3) is 3.42.